The number of ether oxygens (including phenoxy) is 2. The van der Waals surface area contributed by atoms with E-state index in [0.29, 0.717) is 32.2 Å². The third kappa shape index (κ3) is 6.24. The molecule has 0 spiro atoms. The van der Waals surface area contributed by atoms with Gasteiger partial charge in [-0.05, 0) is 35.8 Å². The van der Waals surface area contributed by atoms with E-state index in [2.05, 4.69) is 32.2 Å². The predicted octanol–water partition coefficient (Wildman–Crippen LogP) is 2.38. The number of methoxy groups -OCH3 is 1. The standard InChI is InChI=1S/C21H31N2O4/c1-21(2,3)17-7-5-6-8-18(17)27-15-16-9-12-23(13-10-16)20(25)19(24)22-11-14-26-4/h5-8,16H,9-15H2,1-4H3. The Labute approximate surface area is 162 Å². The number of nitrogens with zero attached hydrogens (tertiary/aromatic N) is 2. The van der Waals surface area contributed by atoms with Gasteiger partial charge in [0.2, 0.25) is 0 Å². The molecule has 1 aliphatic heterocycles. The van der Waals surface area contributed by atoms with Gasteiger partial charge in [0.15, 0.2) is 0 Å². The molecule has 0 atom stereocenters. The van der Waals surface area contributed by atoms with Crippen molar-refractivity contribution in [3.05, 3.63) is 29.8 Å². The van der Waals surface area contributed by atoms with Gasteiger partial charge in [-0.15, -0.1) is 0 Å². The third-order valence-corrected chi connectivity index (χ3v) is 4.81. The monoisotopic (exact) mass is 375 g/mol. The third-order valence-electron chi connectivity index (χ3n) is 4.81. The molecular formula is C21H31N2O4. The number of amides is 2. The maximum Gasteiger partial charge on any atom is 0.330 e. The Morgan fingerprint density at radius 1 is 1.19 bits per heavy atom. The fourth-order valence-electron chi connectivity index (χ4n) is 3.16. The van der Waals surface area contributed by atoms with Crippen LogP contribution < -0.4 is 10.1 Å². The highest BCUT2D eigenvalue weighted by molar-refractivity contribution is 6.34. The van der Waals surface area contributed by atoms with Crippen LogP contribution in [0.2, 0.25) is 0 Å². The van der Waals surface area contributed by atoms with Crippen LogP contribution >= 0.6 is 0 Å². The second-order valence-corrected chi connectivity index (χ2v) is 7.97. The van der Waals surface area contributed by atoms with Gasteiger partial charge >= 0.3 is 11.8 Å². The number of hydrogen-bond donors (Lipinski definition) is 0. The lowest BCUT2D eigenvalue weighted by Gasteiger charge is -2.31. The van der Waals surface area contributed by atoms with Crippen molar-refractivity contribution >= 4 is 11.8 Å². The van der Waals surface area contributed by atoms with E-state index in [1.54, 1.807) is 4.90 Å². The summed E-state index contributed by atoms with van der Waals surface area (Å²) >= 11 is 0. The molecule has 1 heterocycles. The van der Waals surface area contributed by atoms with E-state index in [4.69, 9.17) is 9.47 Å². The molecule has 1 saturated heterocycles. The van der Waals surface area contributed by atoms with E-state index in [1.165, 1.54) is 12.7 Å². The molecule has 6 heteroatoms. The maximum absolute atomic E-state index is 12.1. The Morgan fingerprint density at radius 3 is 2.48 bits per heavy atom. The van der Waals surface area contributed by atoms with Gasteiger partial charge in [0.1, 0.15) is 5.75 Å². The van der Waals surface area contributed by atoms with Gasteiger partial charge in [-0.25, -0.2) is 5.32 Å². The normalized spacial score (nSPS) is 15.5. The van der Waals surface area contributed by atoms with Crippen molar-refractivity contribution in [2.75, 3.05) is 40.0 Å². The van der Waals surface area contributed by atoms with Gasteiger partial charge in [-0.2, -0.15) is 0 Å². The summed E-state index contributed by atoms with van der Waals surface area (Å²) in [7, 11) is 1.54. The minimum absolute atomic E-state index is 0.0268. The number of carbonyl (C=O) groups excluding carboxylic acids is 2. The fraction of sp³-hybridized carbons (Fsp3) is 0.619. The van der Waals surface area contributed by atoms with E-state index in [0.717, 1.165) is 18.6 Å². The van der Waals surface area contributed by atoms with Crippen molar-refractivity contribution in [3.8, 4) is 5.75 Å². The summed E-state index contributed by atoms with van der Waals surface area (Å²) in [5, 5.41) is 3.74. The van der Waals surface area contributed by atoms with Crippen molar-refractivity contribution in [3.63, 3.8) is 0 Å². The van der Waals surface area contributed by atoms with Gasteiger partial charge in [-0.1, -0.05) is 39.0 Å². The van der Waals surface area contributed by atoms with Gasteiger partial charge < -0.3 is 14.4 Å². The van der Waals surface area contributed by atoms with E-state index in [-0.39, 0.29) is 12.0 Å². The number of benzene rings is 1. The lowest BCUT2D eigenvalue weighted by atomic mass is 9.86. The van der Waals surface area contributed by atoms with Crippen molar-refractivity contribution in [1.29, 1.82) is 0 Å². The van der Waals surface area contributed by atoms with Crippen LogP contribution in [-0.2, 0) is 19.7 Å². The number of piperidine rings is 1. The Bertz CT molecular complexity index is 631. The molecule has 1 aromatic rings. The van der Waals surface area contributed by atoms with E-state index < -0.39 is 11.8 Å². The number of rotatable bonds is 6. The highest BCUT2D eigenvalue weighted by Gasteiger charge is 2.28. The first-order valence-corrected chi connectivity index (χ1v) is 9.55. The van der Waals surface area contributed by atoms with Crippen molar-refractivity contribution in [2.24, 2.45) is 5.92 Å². The summed E-state index contributed by atoms with van der Waals surface area (Å²) in [6.07, 6.45) is 1.66. The molecule has 1 aliphatic rings. The number of hydrogen-bond acceptors (Lipinski definition) is 4. The molecule has 2 amide bonds. The van der Waals surface area contributed by atoms with Crippen LogP contribution in [0.3, 0.4) is 0 Å². The zero-order valence-electron chi connectivity index (χ0n) is 16.9. The zero-order chi connectivity index (χ0) is 19.9. The molecule has 2 rings (SSSR count). The highest BCUT2D eigenvalue weighted by atomic mass is 16.5. The molecule has 1 fully saturated rings. The number of likely N-dealkylation sites (tertiary alicyclic amines) is 1. The summed E-state index contributed by atoms with van der Waals surface area (Å²) < 4.78 is 10.9. The second-order valence-electron chi connectivity index (χ2n) is 7.97. The Kier molecular flexibility index (Phi) is 7.66. The average molecular weight is 375 g/mol. The van der Waals surface area contributed by atoms with Crippen molar-refractivity contribution in [2.45, 2.75) is 39.0 Å². The van der Waals surface area contributed by atoms with E-state index in [9.17, 15) is 9.59 Å². The van der Waals surface area contributed by atoms with Gasteiger partial charge in [0, 0.05) is 20.2 Å². The Morgan fingerprint density at radius 2 is 1.85 bits per heavy atom. The summed E-state index contributed by atoms with van der Waals surface area (Å²) in [6, 6.07) is 8.14. The molecule has 1 aromatic carbocycles. The largest absolute Gasteiger partial charge is 0.493 e. The van der Waals surface area contributed by atoms with Gasteiger partial charge in [0.25, 0.3) is 0 Å². The maximum atomic E-state index is 12.1. The van der Waals surface area contributed by atoms with Crippen molar-refractivity contribution in [1.82, 2.24) is 10.2 Å². The van der Waals surface area contributed by atoms with Gasteiger partial charge in [0.05, 0.1) is 19.8 Å². The lowest BCUT2D eigenvalue weighted by molar-refractivity contribution is -0.147. The molecular weight excluding hydrogens is 344 g/mol. The average Bonchev–Trinajstić information content (AvgIpc) is 2.66. The summed E-state index contributed by atoms with van der Waals surface area (Å²) in [5.74, 6) is 0.114. The van der Waals surface area contributed by atoms with E-state index >= 15 is 0 Å². The van der Waals surface area contributed by atoms with Crippen LogP contribution in [-0.4, -0.2) is 56.7 Å². The SMILES string of the molecule is COCC[N]C(=O)C(=O)N1CCC(COc2ccccc2C(C)(C)C)CC1. The van der Waals surface area contributed by atoms with Gasteiger partial charge in [-0.3, -0.25) is 9.59 Å². The van der Waals surface area contributed by atoms with Crippen LogP contribution in [0.5, 0.6) is 5.75 Å². The van der Waals surface area contributed by atoms with E-state index in [1.807, 2.05) is 18.2 Å². The molecule has 1 radical (unpaired) electrons. The Balaban J connectivity index is 1.80. The molecule has 149 valence electrons. The first-order chi connectivity index (χ1) is 12.8. The van der Waals surface area contributed by atoms with Crippen LogP contribution in [0.4, 0.5) is 0 Å². The first-order valence-electron chi connectivity index (χ1n) is 9.55. The second kappa shape index (κ2) is 9.74. The topological polar surface area (TPSA) is 69.9 Å². The number of carbonyl (C=O) groups is 2. The molecule has 0 N–H and O–H groups in total. The van der Waals surface area contributed by atoms with Crippen LogP contribution in [0.1, 0.15) is 39.2 Å². The molecule has 0 bridgehead atoms. The van der Waals surface area contributed by atoms with Crippen LogP contribution in [0, 0.1) is 5.92 Å². The fourth-order valence-corrected chi connectivity index (χ4v) is 3.16. The minimum Gasteiger partial charge on any atom is -0.493 e. The zero-order valence-corrected chi connectivity index (χ0v) is 16.9. The van der Waals surface area contributed by atoms with Crippen LogP contribution in [0.15, 0.2) is 24.3 Å². The molecule has 0 unspecified atom stereocenters. The summed E-state index contributed by atoms with van der Waals surface area (Å²) in [5.41, 5.74) is 1.22. The highest BCUT2D eigenvalue weighted by Crippen LogP contribution is 2.31. The Hall–Kier alpha value is -2.08. The molecule has 0 aliphatic carbocycles. The van der Waals surface area contributed by atoms with Crippen LogP contribution in [0.25, 0.3) is 0 Å². The molecule has 6 nitrogen and oxygen atoms in total. The molecule has 27 heavy (non-hydrogen) atoms. The summed E-state index contributed by atoms with van der Waals surface area (Å²) in [4.78, 5) is 25.5. The smallest absolute Gasteiger partial charge is 0.330 e. The quantitative estimate of drug-likeness (QED) is 0.565. The predicted molar refractivity (Wildman–Crippen MR) is 104 cm³/mol. The molecule has 0 saturated carbocycles. The molecule has 0 aromatic heterocycles. The van der Waals surface area contributed by atoms with Crippen molar-refractivity contribution < 1.29 is 19.1 Å². The summed E-state index contributed by atoms with van der Waals surface area (Å²) in [6.45, 7) is 8.85. The lowest BCUT2D eigenvalue weighted by Crippen LogP contribution is -2.45. The minimum atomic E-state index is -0.680. The first kappa shape index (κ1) is 21.2. The number of para-hydroxylation sites is 1.